The number of aliphatic hydroxyl groups is 1. The normalized spacial score (nSPS) is 24.8. The molecule has 2 saturated carbocycles. The maximum Gasteiger partial charge on any atom is 0.315 e. The van der Waals surface area contributed by atoms with E-state index in [1.807, 2.05) is 24.3 Å². The first-order chi connectivity index (χ1) is 10.8. The van der Waals surface area contributed by atoms with Crippen molar-refractivity contribution in [2.45, 2.75) is 57.7 Å². The number of aliphatic hydroxyl groups excluding tert-OH is 1. The Kier molecular flexibility index (Phi) is 4.98. The minimum Gasteiger partial charge on any atom is -0.392 e. The van der Waals surface area contributed by atoms with E-state index in [-0.39, 0.29) is 12.6 Å². The topological polar surface area (TPSA) is 61.4 Å². The molecule has 2 aliphatic carbocycles. The average Bonchev–Trinajstić information content (AvgIpc) is 3.38. The summed E-state index contributed by atoms with van der Waals surface area (Å²) >= 11 is 0. The lowest BCUT2D eigenvalue weighted by Crippen LogP contribution is -2.44. The highest BCUT2D eigenvalue weighted by Crippen LogP contribution is 2.43. The highest BCUT2D eigenvalue weighted by atomic mass is 16.3. The molecule has 4 nitrogen and oxygen atoms in total. The third-order valence-corrected chi connectivity index (χ3v) is 5.07. The lowest BCUT2D eigenvalue weighted by Gasteiger charge is -2.29. The van der Waals surface area contributed by atoms with Crippen molar-refractivity contribution in [1.29, 1.82) is 0 Å². The molecule has 120 valence electrons. The van der Waals surface area contributed by atoms with E-state index in [1.165, 1.54) is 25.7 Å². The second kappa shape index (κ2) is 7.14. The van der Waals surface area contributed by atoms with Crippen molar-refractivity contribution >= 4 is 6.03 Å². The van der Waals surface area contributed by atoms with E-state index in [4.69, 9.17) is 0 Å². The van der Waals surface area contributed by atoms with Gasteiger partial charge in [-0.25, -0.2) is 4.79 Å². The summed E-state index contributed by atoms with van der Waals surface area (Å²) in [6.07, 6.45) is 7.60. The zero-order valence-electron chi connectivity index (χ0n) is 13.1. The summed E-state index contributed by atoms with van der Waals surface area (Å²) in [5.41, 5.74) is 1.84. The molecule has 2 atom stereocenters. The van der Waals surface area contributed by atoms with Crippen LogP contribution in [0.25, 0.3) is 0 Å². The third kappa shape index (κ3) is 4.01. The summed E-state index contributed by atoms with van der Waals surface area (Å²) < 4.78 is 0. The Hall–Kier alpha value is -1.55. The molecule has 0 aliphatic heterocycles. The first-order valence-corrected chi connectivity index (χ1v) is 8.48. The molecule has 2 fully saturated rings. The molecule has 22 heavy (non-hydrogen) atoms. The molecule has 3 rings (SSSR count). The SMILES string of the molecule is O=C(NCc1ccccc1CO)NC1CCCC(C2CC2)C1. The molecule has 0 bridgehead atoms. The van der Waals surface area contributed by atoms with Crippen LogP contribution in [0.15, 0.2) is 24.3 Å². The van der Waals surface area contributed by atoms with Crippen molar-refractivity contribution in [3.8, 4) is 0 Å². The fourth-order valence-corrected chi connectivity index (χ4v) is 3.65. The quantitative estimate of drug-likeness (QED) is 0.783. The Morgan fingerprint density at radius 3 is 2.59 bits per heavy atom. The number of carbonyl (C=O) groups is 1. The molecule has 1 aromatic rings. The van der Waals surface area contributed by atoms with Gasteiger partial charge in [0.25, 0.3) is 0 Å². The van der Waals surface area contributed by atoms with E-state index in [0.29, 0.717) is 12.6 Å². The highest BCUT2D eigenvalue weighted by molar-refractivity contribution is 5.74. The molecule has 0 radical (unpaired) electrons. The van der Waals surface area contributed by atoms with Crippen LogP contribution in [0, 0.1) is 11.8 Å². The number of rotatable bonds is 5. The maximum atomic E-state index is 12.1. The van der Waals surface area contributed by atoms with Gasteiger partial charge in [-0.1, -0.05) is 37.1 Å². The van der Waals surface area contributed by atoms with Gasteiger partial charge in [-0.3, -0.25) is 0 Å². The maximum absolute atomic E-state index is 12.1. The van der Waals surface area contributed by atoms with Gasteiger partial charge in [0, 0.05) is 12.6 Å². The Bertz CT molecular complexity index is 514. The largest absolute Gasteiger partial charge is 0.392 e. The van der Waals surface area contributed by atoms with E-state index in [2.05, 4.69) is 10.6 Å². The predicted molar refractivity (Wildman–Crippen MR) is 86.2 cm³/mol. The molecular weight excluding hydrogens is 276 g/mol. The van der Waals surface area contributed by atoms with Crippen LogP contribution in [-0.2, 0) is 13.2 Å². The van der Waals surface area contributed by atoms with Gasteiger partial charge >= 0.3 is 6.03 Å². The summed E-state index contributed by atoms with van der Waals surface area (Å²) in [4.78, 5) is 12.1. The average molecular weight is 302 g/mol. The molecule has 2 unspecified atom stereocenters. The number of carbonyl (C=O) groups excluding carboxylic acids is 1. The Balaban J connectivity index is 1.45. The third-order valence-electron chi connectivity index (χ3n) is 5.07. The monoisotopic (exact) mass is 302 g/mol. The predicted octanol–water partition coefficient (Wildman–Crippen LogP) is 2.95. The Labute approximate surface area is 132 Å². The van der Waals surface area contributed by atoms with Crippen LogP contribution in [0.4, 0.5) is 4.79 Å². The smallest absolute Gasteiger partial charge is 0.315 e. The number of hydrogen-bond donors (Lipinski definition) is 3. The van der Waals surface area contributed by atoms with Gasteiger partial charge in [0.2, 0.25) is 0 Å². The van der Waals surface area contributed by atoms with Gasteiger partial charge < -0.3 is 15.7 Å². The summed E-state index contributed by atoms with van der Waals surface area (Å²) in [5, 5.41) is 15.3. The highest BCUT2D eigenvalue weighted by Gasteiger charge is 2.34. The second-order valence-electron chi connectivity index (χ2n) is 6.71. The van der Waals surface area contributed by atoms with Gasteiger partial charge in [0.15, 0.2) is 0 Å². The molecule has 1 aromatic carbocycles. The molecule has 0 aromatic heterocycles. The van der Waals surface area contributed by atoms with Crippen molar-refractivity contribution in [2.24, 2.45) is 11.8 Å². The number of amides is 2. The van der Waals surface area contributed by atoms with Crippen LogP contribution >= 0.6 is 0 Å². The molecule has 0 heterocycles. The van der Waals surface area contributed by atoms with Crippen molar-refractivity contribution in [3.63, 3.8) is 0 Å². The molecule has 2 aliphatic rings. The lowest BCUT2D eigenvalue weighted by molar-refractivity contribution is 0.220. The van der Waals surface area contributed by atoms with Crippen molar-refractivity contribution in [2.75, 3.05) is 0 Å². The number of benzene rings is 1. The molecular formula is C18H26N2O2. The Morgan fingerprint density at radius 1 is 1.09 bits per heavy atom. The summed E-state index contributed by atoms with van der Waals surface area (Å²) in [6, 6.07) is 7.89. The zero-order valence-corrected chi connectivity index (χ0v) is 13.1. The molecule has 3 N–H and O–H groups in total. The Morgan fingerprint density at radius 2 is 1.86 bits per heavy atom. The zero-order chi connectivity index (χ0) is 15.4. The van der Waals surface area contributed by atoms with E-state index >= 15 is 0 Å². The van der Waals surface area contributed by atoms with Gasteiger partial charge in [-0.15, -0.1) is 0 Å². The van der Waals surface area contributed by atoms with Crippen LogP contribution in [0.3, 0.4) is 0 Å². The number of nitrogens with one attached hydrogen (secondary N) is 2. The van der Waals surface area contributed by atoms with Gasteiger partial charge in [0.1, 0.15) is 0 Å². The standard InChI is InChI=1S/C18H26N2O2/c21-12-16-5-2-1-4-15(16)11-19-18(22)20-17-7-3-6-14(10-17)13-8-9-13/h1-2,4-5,13-14,17,21H,3,6-12H2,(H2,19,20,22). The minimum atomic E-state index is -0.0887. The fourth-order valence-electron chi connectivity index (χ4n) is 3.65. The fraction of sp³-hybridized carbons (Fsp3) is 0.611. The molecule has 2 amide bonds. The second-order valence-corrected chi connectivity index (χ2v) is 6.71. The van der Waals surface area contributed by atoms with Gasteiger partial charge in [-0.2, -0.15) is 0 Å². The lowest BCUT2D eigenvalue weighted by atomic mass is 9.83. The first-order valence-electron chi connectivity index (χ1n) is 8.48. The van der Waals surface area contributed by atoms with Crippen LogP contribution in [0.2, 0.25) is 0 Å². The van der Waals surface area contributed by atoms with E-state index < -0.39 is 0 Å². The van der Waals surface area contributed by atoms with Crippen LogP contribution in [-0.4, -0.2) is 17.2 Å². The molecule has 0 saturated heterocycles. The summed E-state index contributed by atoms with van der Waals surface area (Å²) in [6.45, 7) is 0.465. The van der Waals surface area contributed by atoms with E-state index in [9.17, 15) is 9.90 Å². The van der Waals surface area contributed by atoms with Gasteiger partial charge in [-0.05, 0) is 48.6 Å². The minimum absolute atomic E-state index is 0.00512. The van der Waals surface area contributed by atoms with E-state index in [1.54, 1.807) is 0 Å². The van der Waals surface area contributed by atoms with Crippen LogP contribution in [0.5, 0.6) is 0 Å². The number of urea groups is 1. The van der Waals surface area contributed by atoms with Crippen molar-refractivity contribution in [1.82, 2.24) is 10.6 Å². The molecule has 0 spiro atoms. The van der Waals surface area contributed by atoms with Crippen molar-refractivity contribution in [3.05, 3.63) is 35.4 Å². The van der Waals surface area contributed by atoms with Crippen molar-refractivity contribution < 1.29 is 9.90 Å². The summed E-state index contributed by atoms with van der Waals surface area (Å²) in [7, 11) is 0. The van der Waals surface area contributed by atoms with Crippen LogP contribution < -0.4 is 10.6 Å². The van der Waals surface area contributed by atoms with Gasteiger partial charge in [0.05, 0.1) is 6.61 Å². The van der Waals surface area contributed by atoms with E-state index in [0.717, 1.165) is 35.8 Å². The summed E-state index contributed by atoms with van der Waals surface area (Å²) in [5.74, 6) is 1.76. The molecule has 4 heteroatoms. The van der Waals surface area contributed by atoms with Crippen LogP contribution in [0.1, 0.15) is 49.7 Å². The number of hydrogen-bond acceptors (Lipinski definition) is 2. The first kappa shape index (κ1) is 15.3.